The highest BCUT2D eigenvalue weighted by molar-refractivity contribution is 5.77. The van der Waals surface area contributed by atoms with Crippen LogP contribution in [0.15, 0.2) is 0 Å². The maximum absolute atomic E-state index is 11.8. The van der Waals surface area contributed by atoms with Gasteiger partial charge in [-0.2, -0.15) is 0 Å². The van der Waals surface area contributed by atoms with Gasteiger partial charge in [-0.15, -0.1) is 0 Å². The molecule has 0 bridgehead atoms. The molecule has 1 rings (SSSR count). The summed E-state index contributed by atoms with van der Waals surface area (Å²) in [6.07, 6.45) is -0.290. The number of nitrogens with one attached hydrogen (secondary N) is 1. The maximum Gasteiger partial charge on any atom is 0.410 e. The van der Waals surface area contributed by atoms with Gasteiger partial charge < -0.3 is 9.64 Å². The average Bonchev–Trinajstić information content (AvgIpc) is 2.27. The van der Waals surface area contributed by atoms with E-state index >= 15 is 0 Å². The molecule has 0 aliphatic carbocycles. The van der Waals surface area contributed by atoms with Gasteiger partial charge in [0.25, 0.3) is 0 Å². The zero-order valence-corrected chi connectivity index (χ0v) is 12.5. The van der Waals surface area contributed by atoms with Crippen molar-refractivity contribution in [2.75, 3.05) is 26.2 Å². The van der Waals surface area contributed by atoms with Gasteiger partial charge in [-0.3, -0.25) is 10.2 Å². The summed E-state index contributed by atoms with van der Waals surface area (Å²) in [6.45, 7) is 11.6. The molecule has 1 saturated heterocycles. The van der Waals surface area contributed by atoms with Gasteiger partial charge in [0.05, 0.1) is 0 Å². The van der Waals surface area contributed by atoms with E-state index in [4.69, 9.17) is 4.74 Å². The summed E-state index contributed by atoms with van der Waals surface area (Å²) in [6, 6.07) is 0. The number of hydrogen-bond donors (Lipinski definition) is 1. The first-order valence-electron chi connectivity index (χ1n) is 6.72. The normalized spacial score (nSPS) is 17.5. The van der Waals surface area contributed by atoms with Crippen molar-refractivity contribution in [1.82, 2.24) is 15.3 Å². The highest BCUT2D eigenvalue weighted by atomic mass is 16.6. The number of rotatable bonds is 2. The molecule has 0 unspecified atom stereocenters. The Labute approximate surface area is 115 Å². The summed E-state index contributed by atoms with van der Waals surface area (Å²) in [7, 11) is 0. The van der Waals surface area contributed by atoms with Crippen LogP contribution in [-0.2, 0) is 9.53 Å². The number of carbonyl (C=O) groups is 2. The van der Waals surface area contributed by atoms with Gasteiger partial charge in [0, 0.05) is 32.1 Å². The van der Waals surface area contributed by atoms with Crippen LogP contribution in [0, 0.1) is 5.92 Å². The van der Waals surface area contributed by atoms with Gasteiger partial charge in [-0.05, 0) is 20.8 Å². The molecule has 1 aliphatic heterocycles. The van der Waals surface area contributed by atoms with Gasteiger partial charge in [0.2, 0.25) is 5.91 Å². The lowest BCUT2D eigenvalue weighted by Crippen LogP contribution is -2.56. The number of hydrogen-bond acceptors (Lipinski definition) is 4. The molecule has 1 heterocycles. The molecular formula is C13H25N3O3. The molecule has 1 aliphatic rings. The van der Waals surface area contributed by atoms with E-state index in [0.717, 1.165) is 0 Å². The molecule has 0 spiro atoms. The SMILES string of the molecule is CC(C)C(=O)NN1CCN(C(=O)OC(C)(C)C)CC1. The van der Waals surface area contributed by atoms with Crippen LogP contribution in [0.1, 0.15) is 34.6 Å². The fourth-order valence-electron chi connectivity index (χ4n) is 1.61. The van der Waals surface area contributed by atoms with E-state index in [2.05, 4.69) is 5.43 Å². The Morgan fingerprint density at radius 2 is 1.63 bits per heavy atom. The minimum Gasteiger partial charge on any atom is -0.444 e. The minimum absolute atomic E-state index is 0.00529. The Bertz CT molecular complexity index is 329. The largest absolute Gasteiger partial charge is 0.444 e. The zero-order valence-electron chi connectivity index (χ0n) is 12.5. The smallest absolute Gasteiger partial charge is 0.410 e. The maximum atomic E-state index is 11.8. The molecule has 1 N–H and O–H groups in total. The van der Waals surface area contributed by atoms with Crippen LogP contribution in [0.3, 0.4) is 0 Å². The number of nitrogens with zero attached hydrogens (tertiary/aromatic N) is 2. The zero-order chi connectivity index (χ0) is 14.6. The first-order valence-corrected chi connectivity index (χ1v) is 6.72. The van der Waals surface area contributed by atoms with Crippen molar-refractivity contribution in [2.24, 2.45) is 5.92 Å². The van der Waals surface area contributed by atoms with Crippen LogP contribution in [0.5, 0.6) is 0 Å². The molecule has 2 amide bonds. The third kappa shape index (κ3) is 5.46. The molecular weight excluding hydrogens is 246 g/mol. The Hall–Kier alpha value is -1.30. The first kappa shape index (κ1) is 15.8. The summed E-state index contributed by atoms with van der Waals surface area (Å²) in [4.78, 5) is 25.1. The molecule has 0 aromatic rings. The molecule has 110 valence electrons. The molecule has 0 aromatic carbocycles. The molecule has 6 heteroatoms. The van der Waals surface area contributed by atoms with Gasteiger partial charge in [-0.25, -0.2) is 9.80 Å². The molecule has 0 saturated carbocycles. The van der Waals surface area contributed by atoms with Crippen LogP contribution < -0.4 is 5.43 Å². The van der Waals surface area contributed by atoms with Crippen molar-refractivity contribution < 1.29 is 14.3 Å². The second-order valence-corrected chi connectivity index (χ2v) is 6.09. The van der Waals surface area contributed by atoms with Crippen molar-refractivity contribution in [1.29, 1.82) is 0 Å². The van der Waals surface area contributed by atoms with E-state index in [9.17, 15) is 9.59 Å². The highest BCUT2D eigenvalue weighted by Crippen LogP contribution is 2.11. The van der Waals surface area contributed by atoms with E-state index in [-0.39, 0.29) is 17.9 Å². The lowest BCUT2D eigenvalue weighted by Gasteiger charge is -2.35. The second kappa shape index (κ2) is 6.23. The molecule has 0 radical (unpaired) electrons. The summed E-state index contributed by atoms with van der Waals surface area (Å²) >= 11 is 0. The summed E-state index contributed by atoms with van der Waals surface area (Å²) in [5, 5.41) is 1.85. The Morgan fingerprint density at radius 3 is 2.05 bits per heavy atom. The molecule has 0 aromatic heterocycles. The van der Waals surface area contributed by atoms with Gasteiger partial charge >= 0.3 is 6.09 Å². The first-order chi connectivity index (χ1) is 8.69. The number of amides is 2. The fourth-order valence-corrected chi connectivity index (χ4v) is 1.61. The Morgan fingerprint density at radius 1 is 1.11 bits per heavy atom. The molecule has 19 heavy (non-hydrogen) atoms. The summed E-state index contributed by atoms with van der Waals surface area (Å²) < 4.78 is 5.31. The molecule has 1 fully saturated rings. The van der Waals surface area contributed by atoms with E-state index in [1.54, 1.807) is 4.90 Å². The third-order valence-electron chi connectivity index (χ3n) is 2.72. The third-order valence-corrected chi connectivity index (χ3v) is 2.72. The number of piperazine rings is 1. The Kier molecular flexibility index (Phi) is 5.17. The van der Waals surface area contributed by atoms with Gasteiger partial charge in [-0.1, -0.05) is 13.8 Å². The van der Waals surface area contributed by atoms with Crippen molar-refractivity contribution in [2.45, 2.75) is 40.2 Å². The quantitative estimate of drug-likeness (QED) is 0.820. The van der Waals surface area contributed by atoms with E-state index in [0.29, 0.717) is 26.2 Å². The number of hydrazine groups is 1. The highest BCUT2D eigenvalue weighted by Gasteiger charge is 2.26. The van der Waals surface area contributed by atoms with Crippen molar-refractivity contribution in [3.63, 3.8) is 0 Å². The minimum atomic E-state index is -0.472. The van der Waals surface area contributed by atoms with Crippen LogP contribution in [0.4, 0.5) is 4.79 Å². The van der Waals surface area contributed by atoms with Crippen LogP contribution in [0.2, 0.25) is 0 Å². The van der Waals surface area contributed by atoms with Crippen LogP contribution in [-0.4, -0.2) is 53.7 Å². The predicted molar refractivity (Wildman–Crippen MR) is 72.4 cm³/mol. The summed E-state index contributed by atoms with van der Waals surface area (Å²) in [5.41, 5.74) is 2.37. The molecule has 0 atom stereocenters. The number of carbonyl (C=O) groups excluding carboxylic acids is 2. The van der Waals surface area contributed by atoms with Crippen LogP contribution >= 0.6 is 0 Å². The van der Waals surface area contributed by atoms with Crippen molar-refractivity contribution in [3.8, 4) is 0 Å². The van der Waals surface area contributed by atoms with Crippen LogP contribution in [0.25, 0.3) is 0 Å². The van der Waals surface area contributed by atoms with Gasteiger partial charge in [0.15, 0.2) is 0 Å². The monoisotopic (exact) mass is 271 g/mol. The predicted octanol–water partition coefficient (Wildman–Crippen LogP) is 1.23. The lowest BCUT2D eigenvalue weighted by molar-refractivity contribution is -0.129. The second-order valence-electron chi connectivity index (χ2n) is 6.09. The lowest BCUT2D eigenvalue weighted by atomic mass is 10.2. The Balaban J connectivity index is 2.37. The van der Waals surface area contributed by atoms with Crippen molar-refractivity contribution in [3.05, 3.63) is 0 Å². The topological polar surface area (TPSA) is 61.9 Å². The van der Waals surface area contributed by atoms with Gasteiger partial charge in [0.1, 0.15) is 5.60 Å². The molecule has 6 nitrogen and oxygen atoms in total. The standard InChI is InChI=1S/C13H25N3O3/c1-10(2)11(17)14-16-8-6-15(7-9-16)12(18)19-13(3,4)5/h10H,6-9H2,1-5H3,(H,14,17). The summed E-state index contributed by atoms with van der Waals surface area (Å²) in [5.74, 6) is -0.0328. The number of ether oxygens (including phenoxy) is 1. The van der Waals surface area contributed by atoms with Crippen molar-refractivity contribution >= 4 is 12.0 Å². The van der Waals surface area contributed by atoms with E-state index in [1.165, 1.54) is 0 Å². The van der Waals surface area contributed by atoms with E-state index in [1.807, 2.05) is 39.6 Å². The van der Waals surface area contributed by atoms with E-state index < -0.39 is 5.60 Å². The average molecular weight is 271 g/mol. The fraction of sp³-hybridized carbons (Fsp3) is 0.846.